The second-order valence-corrected chi connectivity index (χ2v) is 5.59. The molecule has 0 fully saturated rings. The van der Waals surface area contributed by atoms with E-state index < -0.39 is 0 Å². The summed E-state index contributed by atoms with van der Waals surface area (Å²) in [5.74, 6) is -0.282. The summed E-state index contributed by atoms with van der Waals surface area (Å²) in [7, 11) is 1.40. The molecule has 0 spiro atoms. The van der Waals surface area contributed by atoms with Gasteiger partial charge in [-0.25, -0.2) is 4.79 Å². The van der Waals surface area contributed by atoms with Gasteiger partial charge in [-0.2, -0.15) is 0 Å². The predicted octanol–water partition coefficient (Wildman–Crippen LogP) is 3.57. The van der Waals surface area contributed by atoms with E-state index in [1.807, 2.05) is 12.1 Å². The van der Waals surface area contributed by atoms with Crippen LogP contribution in [0.4, 0.5) is 0 Å². The highest BCUT2D eigenvalue weighted by Crippen LogP contribution is 2.33. The summed E-state index contributed by atoms with van der Waals surface area (Å²) < 4.78 is 6.92. The van der Waals surface area contributed by atoms with E-state index in [4.69, 9.17) is 4.74 Å². The minimum atomic E-state index is -0.282. The van der Waals surface area contributed by atoms with Gasteiger partial charge in [-0.15, -0.1) is 0 Å². The SMILES string of the molecule is COC(=O)c1cc(Br)cc2c1C=C(I)C2. The van der Waals surface area contributed by atoms with Gasteiger partial charge >= 0.3 is 5.97 Å². The summed E-state index contributed by atoms with van der Waals surface area (Å²) >= 11 is 5.68. The lowest BCUT2D eigenvalue weighted by Crippen LogP contribution is -2.04. The number of carbonyl (C=O) groups excluding carboxylic acids is 1. The third-order valence-electron chi connectivity index (χ3n) is 2.30. The molecular formula is C11H8BrIO2. The zero-order valence-corrected chi connectivity index (χ0v) is 11.8. The van der Waals surface area contributed by atoms with Gasteiger partial charge in [0.25, 0.3) is 0 Å². The molecular weight excluding hydrogens is 371 g/mol. The number of carbonyl (C=O) groups is 1. The first-order chi connectivity index (χ1) is 7.11. The van der Waals surface area contributed by atoms with Crippen LogP contribution in [0.5, 0.6) is 0 Å². The minimum absolute atomic E-state index is 0.282. The molecule has 0 saturated carbocycles. The predicted molar refractivity (Wildman–Crippen MR) is 71.2 cm³/mol. The lowest BCUT2D eigenvalue weighted by atomic mass is 10.0. The Morgan fingerprint density at radius 3 is 2.93 bits per heavy atom. The fourth-order valence-electron chi connectivity index (χ4n) is 1.66. The number of hydrogen-bond acceptors (Lipinski definition) is 2. The number of ether oxygens (including phenoxy) is 1. The van der Waals surface area contributed by atoms with Crippen LogP contribution in [0.3, 0.4) is 0 Å². The van der Waals surface area contributed by atoms with Crippen LogP contribution in [0.25, 0.3) is 6.08 Å². The Bertz CT molecular complexity index is 466. The van der Waals surface area contributed by atoms with Gasteiger partial charge in [-0.1, -0.05) is 15.9 Å². The lowest BCUT2D eigenvalue weighted by Gasteiger charge is -2.06. The molecule has 1 aromatic carbocycles. The maximum Gasteiger partial charge on any atom is 0.338 e. The highest BCUT2D eigenvalue weighted by Gasteiger charge is 2.19. The molecule has 1 aliphatic carbocycles. The van der Waals surface area contributed by atoms with Crippen LogP contribution in [-0.4, -0.2) is 13.1 Å². The maximum absolute atomic E-state index is 11.6. The molecule has 0 N–H and O–H groups in total. The molecule has 0 aromatic heterocycles. The van der Waals surface area contributed by atoms with Gasteiger partial charge in [0.15, 0.2) is 0 Å². The quantitative estimate of drug-likeness (QED) is 0.551. The average Bonchev–Trinajstić information content (AvgIpc) is 2.55. The molecule has 15 heavy (non-hydrogen) atoms. The smallest absolute Gasteiger partial charge is 0.338 e. The van der Waals surface area contributed by atoms with Gasteiger partial charge in [0, 0.05) is 10.9 Å². The molecule has 1 aromatic rings. The molecule has 0 amide bonds. The molecule has 0 atom stereocenters. The topological polar surface area (TPSA) is 26.3 Å². The zero-order chi connectivity index (χ0) is 11.0. The minimum Gasteiger partial charge on any atom is -0.465 e. The Labute approximate surface area is 110 Å². The van der Waals surface area contributed by atoms with Gasteiger partial charge in [0.2, 0.25) is 0 Å². The van der Waals surface area contributed by atoms with Crippen molar-refractivity contribution >= 4 is 50.6 Å². The molecule has 2 rings (SSSR count). The third-order valence-corrected chi connectivity index (χ3v) is 3.45. The second kappa shape index (κ2) is 4.25. The standard InChI is InChI=1S/C11H8BrIO2/c1-15-11(14)10-4-7(12)2-6-3-8(13)5-9(6)10/h2,4-5H,3H2,1H3. The Morgan fingerprint density at radius 1 is 1.53 bits per heavy atom. The lowest BCUT2D eigenvalue weighted by molar-refractivity contribution is 0.0600. The molecule has 0 heterocycles. The average molecular weight is 379 g/mol. The molecule has 78 valence electrons. The summed E-state index contributed by atoms with van der Waals surface area (Å²) in [6, 6.07) is 3.85. The van der Waals surface area contributed by atoms with Crippen LogP contribution in [0, 0.1) is 0 Å². The first-order valence-electron chi connectivity index (χ1n) is 4.38. The van der Waals surface area contributed by atoms with Gasteiger partial charge in [0.05, 0.1) is 12.7 Å². The van der Waals surface area contributed by atoms with E-state index in [2.05, 4.69) is 38.5 Å². The van der Waals surface area contributed by atoms with Crippen molar-refractivity contribution in [3.63, 3.8) is 0 Å². The summed E-state index contributed by atoms with van der Waals surface area (Å²) in [5, 5.41) is 0. The zero-order valence-electron chi connectivity index (χ0n) is 8.01. The first-order valence-corrected chi connectivity index (χ1v) is 6.26. The van der Waals surface area contributed by atoms with E-state index >= 15 is 0 Å². The Kier molecular flexibility index (Phi) is 3.16. The van der Waals surface area contributed by atoms with Crippen LogP contribution in [0.2, 0.25) is 0 Å². The summed E-state index contributed by atoms with van der Waals surface area (Å²) in [5.41, 5.74) is 2.80. The van der Waals surface area contributed by atoms with Gasteiger partial charge < -0.3 is 4.74 Å². The van der Waals surface area contributed by atoms with Gasteiger partial charge in [-0.3, -0.25) is 0 Å². The van der Waals surface area contributed by atoms with Crippen LogP contribution < -0.4 is 0 Å². The number of fused-ring (bicyclic) bond motifs is 1. The van der Waals surface area contributed by atoms with Crippen LogP contribution in [0.1, 0.15) is 21.5 Å². The van der Waals surface area contributed by atoms with Crippen molar-refractivity contribution in [3.8, 4) is 0 Å². The Balaban J connectivity index is 2.59. The molecule has 0 aliphatic heterocycles. The maximum atomic E-state index is 11.6. The summed E-state index contributed by atoms with van der Waals surface area (Å²) in [6.45, 7) is 0. The Morgan fingerprint density at radius 2 is 2.27 bits per heavy atom. The van der Waals surface area contributed by atoms with Gasteiger partial charge in [-0.05, 0) is 55.5 Å². The van der Waals surface area contributed by atoms with Crippen molar-refractivity contribution in [2.75, 3.05) is 7.11 Å². The Hall–Kier alpha value is -0.360. The number of hydrogen-bond donors (Lipinski definition) is 0. The highest BCUT2D eigenvalue weighted by atomic mass is 127. The van der Waals surface area contributed by atoms with E-state index in [1.165, 1.54) is 16.3 Å². The van der Waals surface area contributed by atoms with Crippen LogP contribution in [0.15, 0.2) is 20.2 Å². The van der Waals surface area contributed by atoms with Crippen molar-refractivity contribution in [3.05, 3.63) is 36.9 Å². The fraction of sp³-hybridized carbons (Fsp3) is 0.182. The van der Waals surface area contributed by atoms with Crippen molar-refractivity contribution in [2.24, 2.45) is 0 Å². The monoisotopic (exact) mass is 378 g/mol. The van der Waals surface area contributed by atoms with Gasteiger partial charge in [0.1, 0.15) is 0 Å². The van der Waals surface area contributed by atoms with Crippen LogP contribution >= 0.6 is 38.5 Å². The molecule has 0 saturated heterocycles. The van der Waals surface area contributed by atoms with Crippen molar-refractivity contribution in [1.82, 2.24) is 0 Å². The first kappa shape index (κ1) is 11.1. The number of allylic oxidation sites excluding steroid dienone is 1. The molecule has 0 unspecified atom stereocenters. The van der Waals surface area contributed by atoms with Crippen molar-refractivity contribution in [2.45, 2.75) is 6.42 Å². The summed E-state index contributed by atoms with van der Waals surface area (Å²) in [6.07, 6.45) is 2.94. The molecule has 4 heteroatoms. The van der Waals surface area contributed by atoms with E-state index in [9.17, 15) is 4.79 Å². The summed E-state index contributed by atoms with van der Waals surface area (Å²) in [4.78, 5) is 11.6. The highest BCUT2D eigenvalue weighted by molar-refractivity contribution is 14.1. The number of benzene rings is 1. The second-order valence-electron chi connectivity index (χ2n) is 3.29. The van der Waals surface area contributed by atoms with E-state index in [1.54, 1.807) is 6.07 Å². The third kappa shape index (κ3) is 2.10. The number of esters is 1. The van der Waals surface area contributed by atoms with E-state index in [0.29, 0.717) is 5.56 Å². The number of halogens is 2. The normalized spacial score (nSPS) is 13.4. The molecule has 0 bridgehead atoms. The molecule has 2 nitrogen and oxygen atoms in total. The van der Waals surface area contributed by atoms with E-state index in [-0.39, 0.29) is 5.97 Å². The largest absolute Gasteiger partial charge is 0.465 e. The molecule has 0 radical (unpaired) electrons. The number of methoxy groups -OCH3 is 1. The van der Waals surface area contributed by atoms with Crippen molar-refractivity contribution < 1.29 is 9.53 Å². The fourth-order valence-corrected chi connectivity index (χ4v) is 2.89. The van der Waals surface area contributed by atoms with E-state index in [0.717, 1.165) is 16.5 Å². The van der Waals surface area contributed by atoms with Crippen molar-refractivity contribution in [1.29, 1.82) is 0 Å². The van der Waals surface area contributed by atoms with Crippen LogP contribution in [-0.2, 0) is 11.2 Å². The number of rotatable bonds is 1. The molecule has 1 aliphatic rings.